The number of carboxylic acids is 2. The van der Waals surface area contributed by atoms with E-state index in [1.807, 2.05) is 0 Å². The monoisotopic (exact) mass is 382 g/mol. The SMILES string of the molecule is O=C(O)C(CC(Cc1ccccc1)(C(=O)O)P(=O)(O)O)P(=O)(O)O. The summed E-state index contributed by atoms with van der Waals surface area (Å²) < 4.78 is 23.2. The Labute approximate surface area is 136 Å². The van der Waals surface area contributed by atoms with Gasteiger partial charge in [-0.25, -0.2) is 0 Å². The predicted octanol–water partition coefficient (Wildman–Crippen LogP) is 0.251. The van der Waals surface area contributed by atoms with Crippen molar-refractivity contribution in [1.82, 2.24) is 0 Å². The van der Waals surface area contributed by atoms with Crippen molar-refractivity contribution in [2.24, 2.45) is 0 Å². The van der Waals surface area contributed by atoms with Crippen molar-refractivity contribution in [2.45, 2.75) is 23.7 Å². The molecule has 0 aliphatic rings. The Balaban J connectivity index is 3.48. The smallest absolute Gasteiger partial charge is 0.343 e. The lowest BCUT2D eigenvalue weighted by Crippen LogP contribution is -2.45. The molecular formula is C12H16O10P2. The fourth-order valence-electron chi connectivity index (χ4n) is 2.19. The Hall–Kier alpha value is -1.54. The quantitative estimate of drug-likeness (QED) is 0.340. The maximum atomic E-state index is 11.9. The number of hydrogen-bond donors (Lipinski definition) is 6. The van der Waals surface area contributed by atoms with E-state index in [2.05, 4.69) is 0 Å². The Bertz CT molecular complexity index is 706. The normalized spacial score (nSPS) is 16.2. The van der Waals surface area contributed by atoms with Crippen molar-refractivity contribution in [1.29, 1.82) is 0 Å². The van der Waals surface area contributed by atoms with Crippen LogP contribution in [0.5, 0.6) is 0 Å². The van der Waals surface area contributed by atoms with Gasteiger partial charge in [0.25, 0.3) is 0 Å². The van der Waals surface area contributed by atoms with Gasteiger partial charge in [-0.05, 0) is 5.56 Å². The standard InChI is InChI=1S/C12H16O10P2/c13-10(14)9(23(17,18)19)7-12(11(15)16,24(20,21)22)6-8-4-2-1-3-5-8/h1-5,9H,6-7H2,(H,13,14)(H,15,16)(H2,17,18,19)(H2,20,21,22). The van der Waals surface area contributed by atoms with Gasteiger partial charge in [-0.15, -0.1) is 0 Å². The Morgan fingerprint density at radius 1 is 1.00 bits per heavy atom. The Kier molecular flexibility index (Phi) is 6.10. The van der Waals surface area contributed by atoms with Crippen LogP contribution in [-0.2, 0) is 25.1 Å². The first-order valence-corrected chi connectivity index (χ1v) is 9.71. The molecular weight excluding hydrogens is 366 g/mol. The second-order valence-electron chi connectivity index (χ2n) is 5.19. The van der Waals surface area contributed by atoms with Crippen molar-refractivity contribution >= 4 is 27.1 Å². The molecule has 1 rings (SSSR count). The second-order valence-corrected chi connectivity index (χ2v) is 8.94. The van der Waals surface area contributed by atoms with Gasteiger partial charge < -0.3 is 29.8 Å². The van der Waals surface area contributed by atoms with Crippen LogP contribution in [0.1, 0.15) is 12.0 Å². The fourth-order valence-corrected chi connectivity index (χ4v) is 4.22. The molecule has 0 bridgehead atoms. The summed E-state index contributed by atoms with van der Waals surface area (Å²) in [5.41, 5.74) is -2.40. The van der Waals surface area contributed by atoms with E-state index in [0.29, 0.717) is 0 Å². The highest BCUT2D eigenvalue weighted by molar-refractivity contribution is 7.55. The zero-order chi connectivity index (χ0) is 18.8. The minimum atomic E-state index is -5.50. The van der Waals surface area contributed by atoms with Crippen LogP contribution in [0.4, 0.5) is 0 Å². The first kappa shape index (κ1) is 20.5. The van der Waals surface area contributed by atoms with Gasteiger partial charge in [0.2, 0.25) is 0 Å². The molecule has 2 unspecified atom stereocenters. The summed E-state index contributed by atoms with van der Waals surface area (Å²) in [7, 11) is -10.8. The zero-order valence-electron chi connectivity index (χ0n) is 12.1. The van der Waals surface area contributed by atoms with Gasteiger partial charge in [-0.3, -0.25) is 18.7 Å². The number of hydrogen-bond acceptors (Lipinski definition) is 4. The van der Waals surface area contributed by atoms with Gasteiger partial charge in [0.15, 0.2) is 10.8 Å². The molecule has 0 saturated carbocycles. The lowest BCUT2D eigenvalue weighted by molar-refractivity contribution is -0.141. The first-order chi connectivity index (χ1) is 10.8. The maximum absolute atomic E-state index is 11.9. The topological polar surface area (TPSA) is 190 Å². The van der Waals surface area contributed by atoms with Gasteiger partial charge in [0.05, 0.1) is 0 Å². The second kappa shape index (κ2) is 7.14. The molecule has 0 radical (unpaired) electrons. The summed E-state index contributed by atoms with van der Waals surface area (Å²) in [5, 5.41) is 15.3. The third-order valence-corrected chi connectivity index (χ3v) is 6.38. The van der Waals surface area contributed by atoms with Crippen LogP contribution in [0.2, 0.25) is 0 Å². The fraction of sp³-hybridized carbons (Fsp3) is 0.333. The number of carboxylic acid groups (broad SMARTS) is 2. The zero-order valence-corrected chi connectivity index (χ0v) is 13.9. The minimum Gasteiger partial charge on any atom is -0.481 e. The molecule has 2 atom stereocenters. The van der Waals surface area contributed by atoms with Gasteiger partial charge in [-0.2, -0.15) is 0 Å². The first-order valence-electron chi connectivity index (χ1n) is 6.42. The molecule has 10 nitrogen and oxygen atoms in total. The van der Waals surface area contributed by atoms with Crippen molar-refractivity contribution in [3.05, 3.63) is 35.9 Å². The van der Waals surface area contributed by atoms with Crippen LogP contribution < -0.4 is 0 Å². The number of aliphatic carboxylic acids is 2. The van der Waals surface area contributed by atoms with Crippen molar-refractivity contribution in [3.63, 3.8) is 0 Å². The van der Waals surface area contributed by atoms with Crippen LogP contribution in [-0.4, -0.2) is 52.5 Å². The van der Waals surface area contributed by atoms with E-state index >= 15 is 0 Å². The summed E-state index contributed by atoms with van der Waals surface area (Å²) in [4.78, 5) is 60.0. The van der Waals surface area contributed by atoms with E-state index in [0.717, 1.165) is 0 Å². The summed E-state index contributed by atoms with van der Waals surface area (Å²) in [5.74, 6) is -4.09. The third kappa shape index (κ3) is 4.51. The highest BCUT2D eigenvalue weighted by Gasteiger charge is 2.58. The lowest BCUT2D eigenvalue weighted by atomic mass is 9.93. The molecule has 6 N–H and O–H groups in total. The van der Waals surface area contributed by atoms with E-state index in [4.69, 9.17) is 14.9 Å². The summed E-state index contributed by atoms with van der Waals surface area (Å²) in [6.07, 6.45) is -2.22. The molecule has 24 heavy (non-hydrogen) atoms. The minimum absolute atomic E-state index is 0.165. The lowest BCUT2D eigenvalue weighted by Gasteiger charge is -2.32. The van der Waals surface area contributed by atoms with Crippen molar-refractivity contribution in [2.75, 3.05) is 0 Å². The Morgan fingerprint density at radius 2 is 1.50 bits per heavy atom. The predicted molar refractivity (Wildman–Crippen MR) is 80.6 cm³/mol. The Morgan fingerprint density at radius 3 is 1.83 bits per heavy atom. The van der Waals surface area contributed by atoms with Crippen molar-refractivity contribution < 1.29 is 48.5 Å². The largest absolute Gasteiger partial charge is 0.481 e. The van der Waals surface area contributed by atoms with Crippen LogP contribution in [0.3, 0.4) is 0 Å². The van der Waals surface area contributed by atoms with Crippen LogP contribution in [0.15, 0.2) is 30.3 Å². The van der Waals surface area contributed by atoms with E-state index in [-0.39, 0.29) is 5.56 Å². The molecule has 0 saturated heterocycles. The molecule has 0 amide bonds. The number of carbonyl (C=O) groups is 2. The molecule has 1 aromatic carbocycles. The maximum Gasteiger partial charge on any atom is 0.343 e. The number of benzene rings is 1. The highest BCUT2D eigenvalue weighted by Crippen LogP contribution is 2.58. The molecule has 0 aliphatic heterocycles. The highest BCUT2D eigenvalue weighted by atomic mass is 31.2. The van der Waals surface area contributed by atoms with E-state index in [9.17, 15) is 33.6 Å². The molecule has 0 heterocycles. The number of rotatable bonds is 8. The van der Waals surface area contributed by atoms with Gasteiger partial charge in [0, 0.05) is 12.8 Å². The van der Waals surface area contributed by atoms with Gasteiger partial charge >= 0.3 is 27.1 Å². The molecule has 0 aliphatic carbocycles. The van der Waals surface area contributed by atoms with E-state index < -0.39 is 50.8 Å². The van der Waals surface area contributed by atoms with Crippen molar-refractivity contribution in [3.8, 4) is 0 Å². The van der Waals surface area contributed by atoms with E-state index in [1.165, 1.54) is 24.3 Å². The van der Waals surface area contributed by atoms with Crippen LogP contribution >= 0.6 is 15.2 Å². The molecule has 0 fully saturated rings. The molecule has 0 aromatic heterocycles. The average Bonchev–Trinajstić information content (AvgIpc) is 2.40. The molecule has 0 spiro atoms. The summed E-state index contributed by atoms with van der Waals surface area (Å²) >= 11 is 0. The van der Waals surface area contributed by atoms with Gasteiger partial charge in [0.1, 0.15) is 0 Å². The van der Waals surface area contributed by atoms with Crippen LogP contribution in [0.25, 0.3) is 0 Å². The summed E-state index contributed by atoms with van der Waals surface area (Å²) in [6.45, 7) is 0. The third-order valence-electron chi connectivity index (χ3n) is 3.52. The molecule has 1 aromatic rings. The summed E-state index contributed by atoms with van der Waals surface area (Å²) in [6, 6.07) is 7.24. The van der Waals surface area contributed by atoms with Crippen LogP contribution in [0, 0.1) is 0 Å². The molecule has 134 valence electrons. The molecule has 12 heteroatoms. The van der Waals surface area contributed by atoms with E-state index in [1.54, 1.807) is 6.07 Å². The van der Waals surface area contributed by atoms with Gasteiger partial charge in [-0.1, -0.05) is 30.3 Å². The average molecular weight is 382 g/mol.